The van der Waals surface area contributed by atoms with Gasteiger partial charge in [0.2, 0.25) is 0 Å². The first kappa shape index (κ1) is 11.7. The maximum Gasteiger partial charge on any atom is 0.178 e. The molecule has 1 aliphatic carbocycles. The standard InChI is InChI=1S/C11H21NO2/c1-4-14-9-10(13)11(12(2)3)7-5-6-8-11/h4-9H2,1-3H3. The lowest BCUT2D eigenvalue weighted by Gasteiger charge is -2.34. The Balaban J connectivity index is 2.62. The van der Waals surface area contributed by atoms with E-state index in [0.29, 0.717) is 6.61 Å². The van der Waals surface area contributed by atoms with Crippen LogP contribution in [-0.4, -0.2) is 43.5 Å². The van der Waals surface area contributed by atoms with E-state index < -0.39 is 0 Å². The van der Waals surface area contributed by atoms with Crippen molar-refractivity contribution >= 4 is 5.78 Å². The van der Waals surface area contributed by atoms with Gasteiger partial charge in [-0.25, -0.2) is 0 Å². The molecule has 82 valence electrons. The molecule has 0 heterocycles. The lowest BCUT2D eigenvalue weighted by atomic mass is 9.91. The van der Waals surface area contributed by atoms with Gasteiger partial charge in [0, 0.05) is 6.61 Å². The van der Waals surface area contributed by atoms with Gasteiger partial charge in [0.1, 0.15) is 6.61 Å². The first-order chi connectivity index (χ1) is 6.63. The molecule has 0 radical (unpaired) electrons. The Bertz CT molecular complexity index is 195. The zero-order valence-electron chi connectivity index (χ0n) is 9.51. The highest BCUT2D eigenvalue weighted by molar-refractivity contribution is 5.89. The second-order valence-electron chi connectivity index (χ2n) is 4.19. The summed E-state index contributed by atoms with van der Waals surface area (Å²) >= 11 is 0. The van der Waals surface area contributed by atoms with E-state index in [4.69, 9.17) is 4.74 Å². The summed E-state index contributed by atoms with van der Waals surface area (Å²) in [5.74, 6) is 0.252. The number of carbonyl (C=O) groups excluding carboxylic acids is 1. The Kier molecular flexibility index (Phi) is 4.08. The number of hydrogen-bond acceptors (Lipinski definition) is 3. The molecular weight excluding hydrogens is 178 g/mol. The zero-order valence-corrected chi connectivity index (χ0v) is 9.51. The predicted molar refractivity (Wildman–Crippen MR) is 56.4 cm³/mol. The predicted octanol–water partition coefficient (Wildman–Crippen LogP) is 1.47. The number of likely N-dealkylation sites (N-methyl/N-ethyl adjacent to an activating group) is 1. The average molecular weight is 199 g/mol. The van der Waals surface area contributed by atoms with Crippen LogP contribution in [0.5, 0.6) is 0 Å². The van der Waals surface area contributed by atoms with Crippen LogP contribution in [-0.2, 0) is 9.53 Å². The summed E-state index contributed by atoms with van der Waals surface area (Å²) in [5, 5.41) is 0. The molecule has 0 aromatic carbocycles. The molecule has 1 saturated carbocycles. The van der Waals surface area contributed by atoms with Gasteiger partial charge in [-0.3, -0.25) is 9.69 Å². The van der Waals surface area contributed by atoms with Crippen LogP contribution in [0.2, 0.25) is 0 Å². The largest absolute Gasteiger partial charge is 0.374 e. The summed E-state index contributed by atoms with van der Waals surface area (Å²) in [6.45, 7) is 2.81. The van der Waals surface area contributed by atoms with E-state index in [1.807, 2.05) is 21.0 Å². The van der Waals surface area contributed by atoms with Gasteiger partial charge in [-0.2, -0.15) is 0 Å². The quantitative estimate of drug-likeness (QED) is 0.671. The van der Waals surface area contributed by atoms with Crippen molar-refractivity contribution in [1.82, 2.24) is 4.90 Å². The molecule has 3 nitrogen and oxygen atoms in total. The first-order valence-corrected chi connectivity index (χ1v) is 5.42. The van der Waals surface area contributed by atoms with Crippen LogP contribution >= 0.6 is 0 Å². The summed E-state index contributed by atoms with van der Waals surface area (Å²) < 4.78 is 5.21. The number of Topliss-reactive ketones (excluding diaryl/α,β-unsaturated/α-hetero) is 1. The second-order valence-corrected chi connectivity index (χ2v) is 4.19. The van der Waals surface area contributed by atoms with Crippen molar-refractivity contribution in [1.29, 1.82) is 0 Å². The molecule has 0 saturated heterocycles. The summed E-state index contributed by atoms with van der Waals surface area (Å²) in [6, 6.07) is 0. The molecule has 0 amide bonds. The van der Waals surface area contributed by atoms with Crippen LogP contribution in [0, 0.1) is 0 Å². The molecule has 14 heavy (non-hydrogen) atoms. The summed E-state index contributed by atoms with van der Waals surface area (Å²) in [4.78, 5) is 14.1. The van der Waals surface area contributed by atoms with E-state index >= 15 is 0 Å². The van der Waals surface area contributed by atoms with Crippen LogP contribution < -0.4 is 0 Å². The molecule has 0 aromatic rings. The van der Waals surface area contributed by atoms with Gasteiger partial charge in [0.05, 0.1) is 5.54 Å². The van der Waals surface area contributed by atoms with Gasteiger partial charge < -0.3 is 4.74 Å². The molecule has 0 aromatic heterocycles. The third kappa shape index (κ3) is 2.15. The van der Waals surface area contributed by atoms with Crippen LogP contribution in [0.15, 0.2) is 0 Å². The molecule has 1 aliphatic rings. The number of ketones is 1. The highest BCUT2D eigenvalue weighted by Crippen LogP contribution is 2.34. The van der Waals surface area contributed by atoms with Crippen molar-refractivity contribution < 1.29 is 9.53 Å². The smallest absolute Gasteiger partial charge is 0.178 e. The molecule has 0 N–H and O–H groups in total. The van der Waals surface area contributed by atoms with Gasteiger partial charge in [0.15, 0.2) is 5.78 Å². The van der Waals surface area contributed by atoms with Crippen molar-refractivity contribution in [2.45, 2.75) is 38.1 Å². The monoisotopic (exact) mass is 199 g/mol. The van der Waals surface area contributed by atoms with E-state index in [0.717, 1.165) is 25.7 Å². The van der Waals surface area contributed by atoms with E-state index in [1.54, 1.807) is 0 Å². The van der Waals surface area contributed by atoms with Gasteiger partial charge in [-0.1, -0.05) is 12.8 Å². The minimum Gasteiger partial charge on any atom is -0.374 e. The fourth-order valence-electron chi connectivity index (χ4n) is 2.26. The third-order valence-corrected chi connectivity index (χ3v) is 3.24. The van der Waals surface area contributed by atoms with E-state index in [2.05, 4.69) is 4.90 Å². The van der Waals surface area contributed by atoms with Crippen molar-refractivity contribution in [2.75, 3.05) is 27.3 Å². The fraction of sp³-hybridized carbons (Fsp3) is 0.909. The minimum atomic E-state index is -0.227. The molecule has 1 fully saturated rings. The lowest BCUT2D eigenvalue weighted by Crippen LogP contribution is -2.50. The Hall–Kier alpha value is -0.410. The minimum absolute atomic E-state index is 0.227. The van der Waals surface area contributed by atoms with Crippen LogP contribution in [0.3, 0.4) is 0 Å². The highest BCUT2D eigenvalue weighted by Gasteiger charge is 2.42. The van der Waals surface area contributed by atoms with E-state index in [9.17, 15) is 4.79 Å². The Morgan fingerprint density at radius 3 is 2.36 bits per heavy atom. The average Bonchev–Trinajstić information content (AvgIpc) is 2.63. The van der Waals surface area contributed by atoms with Gasteiger partial charge >= 0.3 is 0 Å². The molecular formula is C11H21NO2. The summed E-state index contributed by atoms with van der Waals surface area (Å²) in [7, 11) is 3.99. The number of rotatable bonds is 5. The molecule has 0 unspecified atom stereocenters. The lowest BCUT2D eigenvalue weighted by molar-refractivity contribution is -0.134. The van der Waals surface area contributed by atoms with Crippen molar-refractivity contribution in [3.63, 3.8) is 0 Å². The SMILES string of the molecule is CCOCC(=O)C1(N(C)C)CCCC1. The van der Waals surface area contributed by atoms with Gasteiger partial charge in [0.25, 0.3) is 0 Å². The molecule has 0 spiro atoms. The highest BCUT2D eigenvalue weighted by atomic mass is 16.5. The maximum absolute atomic E-state index is 12.0. The second kappa shape index (κ2) is 4.89. The molecule has 3 heteroatoms. The van der Waals surface area contributed by atoms with E-state index in [1.165, 1.54) is 0 Å². The van der Waals surface area contributed by atoms with Crippen LogP contribution in [0.25, 0.3) is 0 Å². The van der Waals surface area contributed by atoms with Crippen molar-refractivity contribution in [2.24, 2.45) is 0 Å². The van der Waals surface area contributed by atoms with Crippen molar-refractivity contribution in [3.05, 3.63) is 0 Å². The molecule has 0 aliphatic heterocycles. The first-order valence-electron chi connectivity index (χ1n) is 5.42. The van der Waals surface area contributed by atoms with Crippen LogP contribution in [0.4, 0.5) is 0 Å². The molecule has 0 atom stereocenters. The normalized spacial score (nSPS) is 20.3. The maximum atomic E-state index is 12.0. The van der Waals surface area contributed by atoms with Gasteiger partial charge in [-0.05, 0) is 33.9 Å². The topological polar surface area (TPSA) is 29.5 Å². The van der Waals surface area contributed by atoms with Crippen molar-refractivity contribution in [3.8, 4) is 0 Å². The third-order valence-electron chi connectivity index (χ3n) is 3.24. The van der Waals surface area contributed by atoms with Crippen LogP contribution in [0.1, 0.15) is 32.6 Å². The zero-order chi connectivity index (χ0) is 10.6. The van der Waals surface area contributed by atoms with E-state index in [-0.39, 0.29) is 17.9 Å². The fourth-order valence-corrected chi connectivity index (χ4v) is 2.26. The Labute approximate surface area is 86.4 Å². The number of hydrogen-bond donors (Lipinski definition) is 0. The molecule has 1 rings (SSSR count). The molecule has 0 bridgehead atoms. The Morgan fingerprint density at radius 2 is 1.93 bits per heavy atom. The van der Waals surface area contributed by atoms with Gasteiger partial charge in [-0.15, -0.1) is 0 Å². The Morgan fingerprint density at radius 1 is 1.36 bits per heavy atom. The number of carbonyl (C=O) groups is 1. The number of ether oxygens (including phenoxy) is 1. The number of nitrogens with zero attached hydrogens (tertiary/aromatic N) is 1. The summed E-state index contributed by atoms with van der Waals surface area (Å²) in [5.41, 5.74) is -0.227. The summed E-state index contributed by atoms with van der Waals surface area (Å²) in [6.07, 6.45) is 4.31.